The predicted octanol–water partition coefficient (Wildman–Crippen LogP) is 3.94. The summed E-state index contributed by atoms with van der Waals surface area (Å²) in [5.74, 6) is 1.38. The van der Waals surface area contributed by atoms with Crippen LogP contribution in [-0.2, 0) is 0 Å². The standard InChI is InChI=1S/C20H23F3N4O2/c1-28-16-4-3-13(9-17(16)29-2)14-10-18(20(21,22)23)27-19(25-14)11-15(26-27)12-5-7-24-8-6-12/h3-5,9,11,14,18,24-25H,6-8,10H2,1-2H3/t14-,18+/m0/s1. The van der Waals surface area contributed by atoms with Gasteiger partial charge in [-0.2, -0.15) is 18.3 Å². The van der Waals surface area contributed by atoms with Crippen molar-refractivity contribution in [3.63, 3.8) is 0 Å². The molecule has 29 heavy (non-hydrogen) atoms. The fourth-order valence-corrected chi connectivity index (χ4v) is 3.87. The molecule has 2 N–H and O–H groups in total. The van der Waals surface area contributed by atoms with Crippen molar-refractivity contribution in [2.24, 2.45) is 0 Å². The van der Waals surface area contributed by atoms with E-state index < -0.39 is 18.3 Å². The van der Waals surface area contributed by atoms with Gasteiger partial charge in [-0.15, -0.1) is 0 Å². The van der Waals surface area contributed by atoms with Crippen LogP contribution in [0.15, 0.2) is 30.3 Å². The Labute approximate surface area is 166 Å². The number of fused-ring (bicyclic) bond motifs is 1. The third kappa shape index (κ3) is 3.78. The number of halogens is 3. The number of nitrogens with one attached hydrogen (secondary N) is 2. The Morgan fingerprint density at radius 2 is 1.93 bits per heavy atom. The number of ether oxygens (including phenoxy) is 2. The average Bonchev–Trinajstić information content (AvgIpc) is 3.16. The summed E-state index contributed by atoms with van der Waals surface area (Å²) in [6, 6.07) is 4.66. The number of anilines is 1. The molecule has 0 saturated heterocycles. The van der Waals surface area contributed by atoms with E-state index in [1.165, 1.54) is 14.2 Å². The lowest BCUT2D eigenvalue weighted by Gasteiger charge is -2.33. The van der Waals surface area contributed by atoms with Gasteiger partial charge < -0.3 is 20.1 Å². The van der Waals surface area contributed by atoms with Crippen LogP contribution in [0.25, 0.3) is 5.57 Å². The lowest BCUT2D eigenvalue weighted by molar-refractivity contribution is -0.173. The molecule has 6 nitrogen and oxygen atoms in total. The Kier molecular flexibility index (Phi) is 5.16. The monoisotopic (exact) mass is 408 g/mol. The van der Waals surface area contributed by atoms with E-state index in [1.807, 2.05) is 6.08 Å². The first-order valence-corrected chi connectivity index (χ1v) is 9.45. The summed E-state index contributed by atoms with van der Waals surface area (Å²) in [5.41, 5.74) is 2.26. The summed E-state index contributed by atoms with van der Waals surface area (Å²) in [4.78, 5) is 0. The summed E-state index contributed by atoms with van der Waals surface area (Å²) in [5, 5.41) is 10.7. The minimum absolute atomic E-state index is 0.159. The van der Waals surface area contributed by atoms with E-state index in [2.05, 4.69) is 15.7 Å². The van der Waals surface area contributed by atoms with Crippen LogP contribution in [0.5, 0.6) is 11.5 Å². The van der Waals surface area contributed by atoms with Crippen molar-refractivity contribution in [2.45, 2.75) is 31.1 Å². The van der Waals surface area contributed by atoms with Crippen LogP contribution in [0.4, 0.5) is 19.0 Å². The van der Waals surface area contributed by atoms with E-state index in [9.17, 15) is 13.2 Å². The lowest BCUT2D eigenvalue weighted by atomic mass is 9.96. The predicted molar refractivity (Wildman–Crippen MR) is 103 cm³/mol. The van der Waals surface area contributed by atoms with E-state index in [0.717, 1.165) is 23.2 Å². The molecule has 0 fully saturated rings. The maximum Gasteiger partial charge on any atom is 0.410 e. The molecule has 3 heterocycles. The summed E-state index contributed by atoms with van der Waals surface area (Å²) in [6.07, 6.45) is -1.84. The molecule has 0 amide bonds. The zero-order chi connectivity index (χ0) is 20.6. The van der Waals surface area contributed by atoms with Gasteiger partial charge in [-0.3, -0.25) is 0 Å². The van der Waals surface area contributed by atoms with Gasteiger partial charge in [-0.05, 0) is 36.2 Å². The molecule has 2 aliphatic heterocycles. The first-order valence-electron chi connectivity index (χ1n) is 9.45. The lowest BCUT2D eigenvalue weighted by Crippen LogP contribution is -2.35. The Hall–Kier alpha value is -2.68. The highest BCUT2D eigenvalue weighted by Crippen LogP contribution is 2.45. The highest BCUT2D eigenvalue weighted by atomic mass is 19.4. The molecule has 0 spiro atoms. The molecule has 2 atom stereocenters. The Balaban J connectivity index is 1.71. The summed E-state index contributed by atoms with van der Waals surface area (Å²) >= 11 is 0. The number of hydrogen-bond acceptors (Lipinski definition) is 5. The smallest absolute Gasteiger partial charge is 0.410 e. The van der Waals surface area contributed by atoms with Crippen LogP contribution in [0.3, 0.4) is 0 Å². The highest BCUT2D eigenvalue weighted by molar-refractivity contribution is 5.66. The fraction of sp³-hybridized carbons (Fsp3) is 0.450. The van der Waals surface area contributed by atoms with Crippen LogP contribution < -0.4 is 20.1 Å². The number of nitrogens with zero attached hydrogens (tertiary/aromatic N) is 2. The quantitative estimate of drug-likeness (QED) is 0.803. The minimum Gasteiger partial charge on any atom is -0.493 e. The van der Waals surface area contributed by atoms with Gasteiger partial charge in [0.05, 0.1) is 26.0 Å². The van der Waals surface area contributed by atoms with Crippen molar-refractivity contribution in [1.82, 2.24) is 15.1 Å². The van der Waals surface area contributed by atoms with Crippen LogP contribution in [-0.4, -0.2) is 43.3 Å². The van der Waals surface area contributed by atoms with Gasteiger partial charge in [-0.25, -0.2) is 4.68 Å². The number of hydrogen-bond donors (Lipinski definition) is 2. The van der Waals surface area contributed by atoms with Gasteiger partial charge in [-0.1, -0.05) is 12.1 Å². The van der Waals surface area contributed by atoms with Gasteiger partial charge >= 0.3 is 6.18 Å². The molecule has 2 aliphatic rings. The Morgan fingerprint density at radius 3 is 2.59 bits per heavy atom. The highest BCUT2D eigenvalue weighted by Gasteiger charge is 2.46. The Morgan fingerprint density at radius 1 is 1.14 bits per heavy atom. The van der Waals surface area contributed by atoms with Crippen molar-refractivity contribution >= 4 is 11.4 Å². The van der Waals surface area contributed by atoms with Crippen molar-refractivity contribution < 1.29 is 22.6 Å². The summed E-state index contributed by atoms with van der Waals surface area (Å²) < 4.78 is 53.2. The molecule has 0 radical (unpaired) electrons. The van der Waals surface area contributed by atoms with E-state index in [1.54, 1.807) is 24.3 Å². The number of benzene rings is 1. The van der Waals surface area contributed by atoms with Gasteiger partial charge in [0.1, 0.15) is 5.82 Å². The van der Waals surface area contributed by atoms with Gasteiger partial charge in [0.2, 0.25) is 0 Å². The second-order valence-corrected chi connectivity index (χ2v) is 7.15. The third-order valence-corrected chi connectivity index (χ3v) is 5.39. The molecule has 1 aromatic heterocycles. The van der Waals surface area contributed by atoms with Crippen LogP contribution in [0.1, 0.15) is 36.2 Å². The molecule has 9 heteroatoms. The van der Waals surface area contributed by atoms with Crippen molar-refractivity contribution in [2.75, 3.05) is 32.6 Å². The number of alkyl halides is 3. The number of methoxy groups -OCH3 is 2. The van der Waals surface area contributed by atoms with Gasteiger partial charge in [0, 0.05) is 19.0 Å². The molecule has 2 aromatic rings. The van der Waals surface area contributed by atoms with Crippen LogP contribution >= 0.6 is 0 Å². The van der Waals surface area contributed by atoms with E-state index in [-0.39, 0.29) is 6.42 Å². The summed E-state index contributed by atoms with van der Waals surface area (Å²) in [7, 11) is 3.02. The largest absolute Gasteiger partial charge is 0.493 e. The van der Waals surface area contributed by atoms with Gasteiger partial charge in [0.15, 0.2) is 17.5 Å². The number of rotatable bonds is 4. The molecule has 0 aliphatic carbocycles. The first-order chi connectivity index (χ1) is 13.9. The van der Waals surface area contributed by atoms with E-state index >= 15 is 0 Å². The third-order valence-electron chi connectivity index (χ3n) is 5.39. The van der Waals surface area contributed by atoms with Crippen molar-refractivity contribution in [3.8, 4) is 11.5 Å². The van der Waals surface area contributed by atoms with Gasteiger partial charge in [0.25, 0.3) is 0 Å². The summed E-state index contributed by atoms with van der Waals surface area (Å²) in [6.45, 7) is 1.49. The maximum absolute atomic E-state index is 13.9. The minimum atomic E-state index is -4.41. The second kappa shape index (κ2) is 7.62. The zero-order valence-electron chi connectivity index (χ0n) is 16.2. The molecule has 1 aromatic carbocycles. The number of aromatic nitrogens is 2. The van der Waals surface area contributed by atoms with Crippen LogP contribution in [0.2, 0.25) is 0 Å². The normalized spacial score (nSPS) is 21.8. The van der Waals surface area contributed by atoms with E-state index in [4.69, 9.17) is 9.47 Å². The molecule has 4 rings (SSSR count). The molecule has 0 unspecified atom stereocenters. The molecule has 0 bridgehead atoms. The van der Waals surface area contributed by atoms with Crippen molar-refractivity contribution in [3.05, 3.63) is 41.6 Å². The first kappa shape index (κ1) is 19.6. The SMILES string of the molecule is COc1ccc([C@@H]2C[C@H](C(F)(F)F)n3nc(C4=CCNCC4)cc3N2)cc1OC. The fourth-order valence-electron chi connectivity index (χ4n) is 3.87. The molecular weight excluding hydrogens is 385 g/mol. The molecule has 156 valence electrons. The molecular formula is C20H23F3N4O2. The van der Waals surface area contributed by atoms with Crippen molar-refractivity contribution in [1.29, 1.82) is 0 Å². The van der Waals surface area contributed by atoms with Crippen LogP contribution in [0, 0.1) is 0 Å². The maximum atomic E-state index is 13.9. The topological polar surface area (TPSA) is 60.3 Å². The zero-order valence-corrected chi connectivity index (χ0v) is 16.2. The Bertz CT molecular complexity index is 923. The average molecular weight is 408 g/mol. The molecule has 0 saturated carbocycles. The second-order valence-electron chi connectivity index (χ2n) is 7.15. The van der Waals surface area contributed by atoms with E-state index in [0.29, 0.717) is 35.1 Å².